The number of hydrogen-bond donors (Lipinski definition) is 0. The summed E-state index contributed by atoms with van der Waals surface area (Å²) in [6.07, 6.45) is 5.55. The zero-order valence-corrected chi connectivity index (χ0v) is 13.5. The Morgan fingerprint density at radius 1 is 1.14 bits per heavy atom. The lowest BCUT2D eigenvalue weighted by atomic mass is 9.61. The molecule has 0 aromatic heterocycles. The normalized spacial score (nSPS) is 22.7. The molecule has 2 fully saturated rings. The summed E-state index contributed by atoms with van der Waals surface area (Å²) >= 11 is 0. The van der Waals surface area contributed by atoms with Gasteiger partial charge in [0.05, 0.1) is 11.0 Å². The van der Waals surface area contributed by atoms with Gasteiger partial charge in [0, 0.05) is 0 Å². The van der Waals surface area contributed by atoms with Crippen LogP contribution in [0.3, 0.4) is 0 Å². The number of benzene rings is 1. The summed E-state index contributed by atoms with van der Waals surface area (Å²) in [5.41, 5.74) is 1.78. The van der Waals surface area contributed by atoms with E-state index in [-0.39, 0.29) is 5.41 Å². The maximum atomic E-state index is 13.1. The van der Waals surface area contributed by atoms with Crippen molar-refractivity contribution in [3.63, 3.8) is 0 Å². The second-order valence-corrected chi connectivity index (χ2v) is 9.17. The predicted molar refractivity (Wildman–Crippen MR) is 81.6 cm³/mol. The zero-order chi connectivity index (χ0) is 15.3. The smallest absolute Gasteiger partial charge is 0.197 e. The second kappa shape index (κ2) is 4.58. The van der Waals surface area contributed by atoms with Crippen molar-refractivity contribution in [2.75, 3.05) is 0 Å². The minimum absolute atomic E-state index is 0.126. The highest BCUT2D eigenvalue weighted by molar-refractivity contribution is 7.93. The van der Waals surface area contributed by atoms with Crippen molar-refractivity contribution in [1.82, 2.24) is 0 Å². The monoisotopic (exact) mass is 303 g/mol. The third kappa shape index (κ3) is 2.02. The number of sulfone groups is 1. The Labute approximate surface area is 126 Å². The highest BCUT2D eigenvalue weighted by Crippen LogP contribution is 2.61. The number of hydrogen-bond acceptors (Lipinski definition) is 3. The van der Waals surface area contributed by atoms with Gasteiger partial charge >= 0.3 is 0 Å². The van der Waals surface area contributed by atoms with Crippen molar-refractivity contribution in [2.45, 2.75) is 62.0 Å². The molecule has 0 bridgehead atoms. The minimum Gasteiger partial charge on any atom is -0.222 e. The lowest BCUT2D eigenvalue weighted by Gasteiger charge is -2.50. The molecule has 0 aliphatic heterocycles. The summed E-state index contributed by atoms with van der Waals surface area (Å²) in [6.45, 7) is 3.69. The van der Waals surface area contributed by atoms with Gasteiger partial charge in [-0.3, -0.25) is 0 Å². The average Bonchev–Trinajstić information content (AvgIpc) is 2.88. The van der Waals surface area contributed by atoms with Crippen LogP contribution in [-0.4, -0.2) is 13.2 Å². The maximum Gasteiger partial charge on any atom is 0.197 e. The molecule has 2 aliphatic rings. The quantitative estimate of drug-likeness (QED) is 0.837. The van der Waals surface area contributed by atoms with E-state index in [1.165, 1.54) is 12.8 Å². The first-order valence-corrected chi connectivity index (χ1v) is 9.06. The fourth-order valence-corrected chi connectivity index (χ4v) is 6.54. The van der Waals surface area contributed by atoms with Gasteiger partial charge in [-0.25, -0.2) is 8.42 Å². The fraction of sp³-hybridized carbons (Fsp3) is 0.588. The molecule has 1 aromatic carbocycles. The summed E-state index contributed by atoms with van der Waals surface area (Å²) in [5.74, 6) is 0. The van der Waals surface area contributed by atoms with E-state index in [2.05, 4.69) is 6.07 Å². The summed E-state index contributed by atoms with van der Waals surface area (Å²) in [7, 11) is -3.59. The lowest BCUT2D eigenvalue weighted by molar-refractivity contribution is 0.113. The van der Waals surface area contributed by atoms with Crippen molar-refractivity contribution in [3.8, 4) is 6.07 Å². The van der Waals surface area contributed by atoms with Crippen LogP contribution in [0, 0.1) is 30.6 Å². The van der Waals surface area contributed by atoms with Crippen LogP contribution in [0.1, 0.15) is 49.7 Å². The van der Waals surface area contributed by atoms with Crippen LogP contribution in [0.4, 0.5) is 0 Å². The molecule has 3 rings (SSSR count). The molecule has 3 nitrogen and oxygen atoms in total. The van der Waals surface area contributed by atoms with Gasteiger partial charge in [-0.1, -0.05) is 25.0 Å². The Morgan fingerprint density at radius 2 is 1.76 bits per heavy atom. The standard InChI is InChI=1S/C17H21NO2S/c1-13-5-6-14(2)15(9-13)21(19,20)17(12-18)10-16(11-17)7-3-4-8-16/h5-6,9H,3-4,7-8,10-11H2,1-2H3. The van der Waals surface area contributed by atoms with E-state index in [4.69, 9.17) is 0 Å². The summed E-state index contributed by atoms with van der Waals surface area (Å²) in [5, 5.41) is 9.61. The third-order valence-corrected chi connectivity index (χ3v) is 7.76. The van der Waals surface area contributed by atoms with Crippen molar-refractivity contribution in [2.24, 2.45) is 5.41 Å². The molecular formula is C17H21NO2S. The fourth-order valence-electron chi connectivity index (χ4n) is 4.17. The Balaban J connectivity index is 2.02. The number of rotatable bonds is 2. The average molecular weight is 303 g/mol. The maximum absolute atomic E-state index is 13.1. The molecule has 0 N–H and O–H groups in total. The molecule has 2 aliphatic carbocycles. The molecule has 4 heteroatoms. The Morgan fingerprint density at radius 3 is 2.33 bits per heavy atom. The SMILES string of the molecule is Cc1ccc(C)c(S(=O)(=O)C2(C#N)CC3(CCCC3)C2)c1. The largest absolute Gasteiger partial charge is 0.222 e. The van der Waals surface area contributed by atoms with E-state index in [0.29, 0.717) is 17.7 Å². The summed E-state index contributed by atoms with van der Waals surface area (Å²) in [4.78, 5) is 0.344. The lowest BCUT2D eigenvalue weighted by Crippen LogP contribution is -2.54. The third-order valence-electron chi connectivity index (χ3n) is 5.34. The van der Waals surface area contributed by atoms with Gasteiger partial charge in [0.1, 0.15) is 0 Å². The highest BCUT2D eigenvalue weighted by atomic mass is 32.2. The van der Waals surface area contributed by atoms with Crippen LogP contribution >= 0.6 is 0 Å². The summed E-state index contributed by atoms with van der Waals surface area (Å²) in [6, 6.07) is 7.62. The Kier molecular flexibility index (Phi) is 3.18. The molecular weight excluding hydrogens is 282 g/mol. The predicted octanol–water partition coefficient (Wildman–Crippen LogP) is 3.69. The molecule has 0 saturated heterocycles. The molecule has 0 heterocycles. The molecule has 0 unspecified atom stereocenters. The van der Waals surface area contributed by atoms with Gasteiger partial charge < -0.3 is 0 Å². The van der Waals surface area contributed by atoms with Crippen molar-refractivity contribution >= 4 is 9.84 Å². The van der Waals surface area contributed by atoms with Gasteiger partial charge in [-0.05, 0) is 62.1 Å². The van der Waals surface area contributed by atoms with Crippen molar-refractivity contribution in [1.29, 1.82) is 5.26 Å². The number of aryl methyl sites for hydroxylation is 2. The van der Waals surface area contributed by atoms with Crippen LogP contribution in [0.2, 0.25) is 0 Å². The number of nitriles is 1. The first kappa shape index (κ1) is 14.6. The molecule has 0 atom stereocenters. The van der Waals surface area contributed by atoms with Crippen molar-refractivity contribution < 1.29 is 8.42 Å². The molecule has 0 amide bonds. The second-order valence-electron chi connectivity index (χ2n) is 6.94. The molecule has 112 valence electrons. The Bertz CT molecular complexity index is 714. The van der Waals surface area contributed by atoms with E-state index in [1.54, 1.807) is 13.0 Å². The molecule has 1 spiro atoms. The van der Waals surface area contributed by atoms with Gasteiger partial charge in [0.25, 0.3) is 0 Å². The van der Waals surface area contributed by atoms with Crippen LogP contribution < -0.4 is 0 Å². The molecule has 1 aromatic rings. The Hall–Kier alpha value is -1.34. The van der Waals surface area contributed by atoms with Gasteiger partial charge in [0.15, 0.2) is 14.6 Å². The van der Waals surface area contributed by atoms with E-state index >= 15 is 0 Å². The van der Waals surface area contributed by atoms with Gasteiger partial charge in [-0.15, -0.1) is 0 Å². The van der Waals surface area contributed by atoms with Crippen LogP contribution in [0.15, 0.2) is 23.1 Å². The number of nitrogens with zero attached hydrogens (tertiary/aromatic N) is 1. The van der Waals surface area contributed by atoms with E-state index < -0.39 is 14.6 Å². The van der Waals surface area contributed by atoms with Crippen LogP contribution in [0.5, 0.6) is 0 Å². The van der Waals surface area contributed by atoms with Crippen LogP contribution in [0.25, 0.3) is 0 Å². The van der Waals surface area contributed by atoms with E-state index in [0.717, 1.165) is 24.0 Å². The van der Waals surface area contributed by atoms with Gasteiger partial charge in [0.2, 0.25) is 0 Å². The van der Waals surface area contributed by atoms with E-state index in [9.17, 15) is 13.7 Å². The van der Waals surface area contributed by atoms with Crippen LogP contribution in [-0.2, 0) is 9.84 Å². The molecule has 2 saturated carbocycles. The topological polar surface area (TPSA) is 57.9 Å². The minimum atomic E-state index is -3.59. The first-order valence-electron chi connectivity index (χ1n) is 7.57. The van der Waals surface area contributed by atoms with Gasteiger partial charge in [-0.2, -0.15) is 5.26 Å². The summed E-state index contributed by atoms with van der Waals surface area (Å²) < 4.78 is 24.9. The first-order chi connectivity index (χ1) is 9.84. The molecule has 21 heavy (non-hydrogen) atoms. The highest BCUT2D eigenvalue weighted by Gasteiger charge is 2.63. The zero-order valence-electron chi connectivity index (χ0n) is 12.6. The molecule has 0 radical (unpaired) electrons. The van der Waals surface area contributed by atoms with E-state index in [1.807, 2.05) is 19.1 Å². The van der Waals surface area contributed by atoms with Crippen molar-refractivity contribution in [3.05, 3.63) is 29.3 Å².